The van der Waals surface area contributed by atoms with Gasteiger partial charge >= 0.3 is 0 Å². The van der Waals surface area contributed by atoms with Crippen LogP contribution in [0.1, 0.15) is 26.2 Å². The minimum atomic E-state index is -3.38. The Hall–Kier alpha value is -0.460. The molecule has 2 heterocycles. The molecule has 1 aromatic rings. The molecule has 0 aromatic carbocycles. The second kappa shape index (κ2) is 5.67. The quantitative estimate of drug-likeness (QED) is 0.854. The molecule has 0 amide bonds. The van der Waals surface area contributed by atoms with Crippen LogP contribution >= 0.6 is 15.9 Å². The molecule has 0 spiro atoms. The zero-order valence-electron chi connectivity index (χ0n) is 10.3. The van der Waals surface area contributed by atoms with E-state index in [1.54, 1.807) is 16.6 Å². The average Bonchev–Trinajstić information content (AvgIpc) is 2.39. The van der Waals surface area contributed by atoms with E-state index in [4.69, 9.17) is 0 Å². The lowest BCUT2D eigenvalue weighted by atomic mass is 9.96. The third-order valence-electron chi connectivity index (χ3n) is 3.47. The number of aromatic nitrogens is 1. The van der Waals surface area contributed by atoms with Gasteiger partial charge in [0.15, 0.2) is 0 Å². The van der Waals surface area contributed by atoms with Gasteiger partial charge in [0, 0.05) is 30.0 Å². The van der Waals surface area contributed by atoms with E-state index in [-0.39, 0.29) is 4.90 Å². The van der Waals surface area contributed by atoms with Crippen LogP contribution in [0.15, 0.2) is 27.8 Å². The summed E-state index contributed by atoms with van der Waals surface area (Å²) < 4.78 is 27.1. The Morgan fingerprint density at radius 2 is 2.06 bits per heavy atom. The lowest BCUT2D eigenvalue weighted by molar-refractivity contribution is 0.269. The van der Waals surface area contributed by atoms with Gasteiger partial charge in [-0.25, -0.2) is 8.42 Å². The van der Waals surface area contributed by atoms with Gasteiger partial charge in [-0.05, 0) is 40.8 Å². The summed E-state index contributed by atoms with van der Waals surface area (Å²) in [4.78, 5) is 4.19. The van der Waals surface area contributed by atoms with Crippen molar-refractivity contribution in [3.63, 3.8) is 0 Å². The van der Waals surface area contributed by atoms with Crippen LogP contribution in [-0.2, 0) is 10.0 Å². The zero-order valence-corrected chi connectivity index (χ0v) is 12.7. The van der Waals surface area contributed by atoms with Gasteiger partial charge in [-0.15, -0.1) is 0 Å². The van der Waals surface area contributed by atoms with Crippen molar-refractivity contribution in [2.45, 2.75) is 31.1 Å². The molecule has 1 saturated heterocycles. The van der Waals surface area contributed by atoms with E-state index in [9.17, 15) is 8.42 Å². The highest BCUT2D eigenvalue weighted by molar-refractivity contribution is 9.10. The number of sulfonamides is 1. The van der Waals surface area contributed by atoms with E-state index in [0.29, 0.717) is 23.5 Å². The number of hydrogen-bond acceptors (Lipinski definition) is 3. The van der Waals surface area contributed by atoms with Crippen LogP contribution in [0.4, 0.5) is 0 Å². The minimum absolute atomic E-state index is 0.270. The first-order valence-corrected chi connectivity index (χ1v) is 8.38. The van der Waals surface area contributed by atoms with E-state index in [2.05, 4.69) is 27.8 Å². The first-order valence-electron chi connectivity index (χ1n) is 6.14. The van der Waals surface area contributed by atoms with E-state index in [1.807, 2.05) is 0 Å². The molecule has 1 aliphatic rings. The van der Waals surface area contributed by atoms with Crippen molar-refractivity contribution < 1.29 is 8.42 Å². The van der Waals surface area contributed by atoms with Gasteiger partial charge < -0.3 is 0 Å². The van der Waals surface area contributed by atoms with E-state index in [0.717, 1.165) is 19.3 Å². The second-order valence-corrected chi connectivity index (χ2v) is 7.45. The maximum atomic E-state index is 12.4. The standard InChI is InChI=1S/C12H17BrN2O2S/c1-2-10-3-5-15(6-4-10)18(16,17)12-7-11(13)8-14-9-12/h7-10H,2-6H2,1H3. The minimum Gasteiger partial charge on any atom is -0.262 e. The molecule has 6 heteroatoms. The molecule has 1 aromatic heterocycles. The Bertz CT molecular complexity index is 511. The molecule has 0 bridgehead atoms. The molecule has 0 N–H and O–H groups in total. The first kappa shape index (κ1) is 14.0. The van der Waals surface area contributed by atoms with Crippen molar-refractivity contribution in [2.75, 3.05) is 13.1 Å². The summed E-state index contributed by atoms with van der Waals surface area (Å²) in [5, 5.41) is 0. The average molecular weight is 333 g/mol. The van der Waals surface area contributed by atoms with Gasteiger partial charge in [-0.3, -0.25) is 4.98 Å². The number of hydrogen-bond donors (Lipinski definition) is 0. The largest absolute Gasteiger partial charge is 0.262 e. The van der Waals surface area contributed by atoms with E-state index < -0.39 is 10.0 Å². The highest BCUT2D eigenvalue weighted by atomic mass is 79.9. The number of rotatable bonds is 3. The van der Waals surface area contributed by atoms with Crippen LogP contribution in [-0.4, -0.2) is 30.8 Å². The fourth-order valence-electron chi connectivity index (χ4n) is 2.24. The Morgan fingerprint density at radius 1 is 1.39 bits per heavy atom. The monoisotopic (exact) mass is 332 g/mol. The molecular formula is C12H17BrN2O2S. The molecule has 18 heavy (non-hydrogen) atoms. The number of pyridine rings is 1. The predicted octanol–water partition coefficient (Wildman–Crippen LogP) is 2.65. The molecule has 0 saturated carbocycles. The fraction of sp³-hybridized carbons (Fsp3) is 0.583. The predicted molar refractivity (Wildman–Crippen MR) is 73.7 cm³/mol. The Labute approximate surface area is 117 Å². The second-order valence-electron chi connectivity index (χ2n) is 4.59. The highest BCUT2D eigenvalue weighted by Crippen LogP contribution is 2.25. The maximum absolute atomic E-state index is 12.4. The summed E-state index contributed by atoms with van der Waals surface area (Å²) in [5.74, 6) is 0.664. The molecule has 2 rings (SSSR count). The topological polar surface area (TPSA) is 50.3 Å². The molecule has 4 nitrogen and oxygen atoms in total. The summed E-state index contributed by atoms with van der Waals surface area (Å²) in [5.41, 5.74) is 0. The zero-order chi connectivity index (χ0) is 13.2. The lowest BCUT2D eigenvalue weighted by Crippen LogP contribution is -2.38. The molecule has 0 radical (unpaired) electrons. The summed E-state index contributed by atoms with van der Waals surface area (Å²) in [7, 11) is -3.38. The summed E-state index contributed by atoms with van der Waals surface area (Å²) in [6.07, 6.45) is 6.04. The van der Waals surface area contributed by atoms with Crippen LogP contribution < -0.4 is 0 Å². The van der Waals surface area contributed by atoms with Crippen LogP contribution in [0.3, 0.4) is 0 Å². The molecule has 100 valence electrons. The number of piperidine rings is 1. The van der Waals surface area contributed by atoms with E-state index >= 15 is 0 Å². The Balaban J connectivity index is 2.17. The van der Waals surface area contributed by atoms with Crippen LogP contribution in [0.2, 0.25) is 0 Å². The molecule has 0 aliphatic carbocycles. The van der Waals surface area contributed by atoms with Crippen molar-refractivity contribution >= 4 is 26.0 Å². The Morgan fingerprint density at radius 3 is 2.61 bits per heavy atom. The van der Waals surface area contributed by atoms with Gasteiger partial charge in [0.25, 0.3) is 0 Å². The van der Waals surface area contributed by atoms with Gasteiger partial charge in [0.05, 0.1) is 0 Å². The molecule has 1 aliphatic heterocycles. The van der Waals surface area contributed by atoms with Crippen molar-refractivity contribution in [2.24, 2.45) is 5.92 Å². The van der Waals surface area contributed by atoms with Gasteiger partial charge in [0.2, 0.25) is 10.0 Å². The third kappa shape index (κ3) is 2.92. The summed E-state index contributed by atoms with van der Waals surface area (Å²) >= 11 is 3.25. The summed E-state index contributed by atoms with van der Waals surface area (Å²) in [6, 6.07) is 1.61. The SMILES string of the molecule is CCC1CCN(S(=O)(=O)c2cncc(Br)c2)CC1. The lowest BCUT2D eigenvalue weighted by Gasteiger charge is -2.30. The Kier molecular flexibility index (Phi) is 4.40. The van der Waals surface area contributed by atoms with Crippen molar-refractivity contribution in [3.05, 3.63) is 22.9 Å². The van der Waals surface area contributed by atoms with Crippen LogP contribution in [0.5, 0.6) is 0 Å². The molecule has 1 fully saturated rings. The first-order chi connectivity index (χ1) is 8.54. The fourth-order valence-corrected chi connectivity index (χ4v) is 4.22. The normalized spacial score (nSPS) is 19.0. The van der Waals surface area contributed by atoms with Gasteiger partial charge in [-0.2, -0.15) is 4.31 Å². The van der Waals surface area contributed by atoms with Crippen molar-refractivity contribution in [1.82, 2.24) is 9.29 Å². The summed E-state index contributed by atoms with van der Waals surface area (Å²) in [6.45, 7) is 3.40. The number of halogens is 1. The van der Waals surface area contributed by atoms with Gasteiger partial charge in [-0.1, -0.05) is 13.3 Å². The highest BCUT2D eigenvalue weighted by Gasteiger charge is 2.29. The smallest absolute Gasteiger partial charge is 0.244 e. The van der Waals surface area contributed by atoms with E-state index in [1.165, 1.54) is 6.20 Å². The van der Waals surface area contributed by atoms with Crippen LogP contribution in [0.25, 0.3) is 0 Å². The molecule has 0 unspecified atom stereocenters. The maximum Gasteiger partial charge on any atom is 0.244 e. The molecule has 0 atom stereocenters. The third-order valence-corrected chi connectivity index (χ3v) is 5.77. The molecular weight excluding hydrogens is 316 g/mol. The van der Waals surface area contributed by atoms with Gasteiger partial charge in [0.1, 0.15) is 4.90 Å². The van der Waals surface area contributed by atoms with Crippen molar-refractivity contribution in [1.29, 1.82) is 0 Å². The number of nitrogens with zero attached hydrogens (tertiary/aromatic N) is 2. The van der Waals surface area contributed by atoms with Crippen LogP contribution in [0, 0.1) is 5.92 Å². The van der Waals surface area contributed by atoms with Crippen molar-refractivity contribution in [3.8, 4) is 0 Å².